The molecule has 1 amide bonds. The Hall–Kier alpha value is -1.91. The predicted molar refractivity (Wildman–Crippen MR) is 89.5 cm³/mol. The van der Waals surface area contributed by atoms with Gasteiger partial charge in [0.05, 0.1) is 6.10 Å². The van der Waals surface area contributed by atoms with E-state index in [4.69, 9.17) is 9.47 Å². The number of hydrogen-bond donors (Lipinski definition) is 2. The lowest BCUT2D eigenvalue weighted by Crippen LogP contribution is -2.34. The van der Waals surface area contributed by atoms with Crippen molar-refractivity contribution in [2.24, 2.45) is 0 Å². The minimum atomic E-state index is -0.473. The van der Waals surface area contributed by atoms with E-state index in [1.165, 1.54) is 0 Å². The number of benzene rings is 1. The summed E-state index contributed by atoms with van der Waals surface area (Å²) in [6, 6.07) is 7.81. The normalized spacial score (nSPS) is 12.4. The van der Waals surface area contributed by atoms with Crippen molar-refractivity contribution in [1.82, 2.24) is 5.32 Å². The molecular formula is C17H28N2O3. The Balaban J connectivity index is 2.33. The SMILES string of the molecule is CCC(C)Oc1cccc(NCCNC(=O)OC(C)(C)C)c1. The number of hydrogen-bond acceptors (Lipinski definition) is 4. The van der Waals surface area contributed by atoms with Gasteiger partial charge in [-0.2, -0.15) is 0 Å². The molecule has 22 heavy (non-hydrogen) atoms. The first-order valence-electron chi connectivity index (χ1n) is 7.77. The van der Waals surface area contributed by atoms with Crippen LogP contribution in [0.2, 0.25) is 0 Å². The highest BCUT2D eigenvalue weighted by molar-refractivity contribution is 5.67. The van der Waals surface area contributed by atoms with E-state index in [1.807, 2.05) is 52.0 Å². The summed E-state index contributed by atoms with van der Waals surface area (Å²) < 4.78 is 10.9. The van der Waals surface area contributed by atoms with Gasteiger partial charge in [0, 0.05) is 24.8 Å². The van der Waals surface area contributed by atoms with E-state index in [1.54, 1.807) is 0 Å². The number of rotatable bonds is 7. The maximum absolute atomic E-state index is 11.5. The van der Waals surface area contributed by atoms with E-state index in [2.05, 4.69) is 17.6 Å². The molecule has 0 saturated heterocycles. The Morgan fingerprint density at radius 2 is 2.00 bits per heavy atom. The van der Waals surface area contributed by atoms with Gasteiger partial charge in [0.1, 0.15) is 11.4 Å². The van der Waals surface area contributed by atoms with Crippen LogP contribution in [0.15, 0.2) is 24.3 Å². The lowest BCUT2D eigenvalue weighted by atomic mass is 10.2. The molecule has 1 atom stereocenters. The van der Waals surface area contributed by atoms with Crippen molar-refractivity contribution in [3.8, 4) is 5.75 Å². The fourth-order valence-electron chi connectivity index (χ4n) is 1.68. The van der Waals surface area contributed by atoms with E-state index in [9.17, 15) is 4.79 Å². The maximum Gasteiger partial charge on any atom is 0.407 e. The third kappa shape index (κ3) is 7.76. The van der Waals surface area contributed by atoms with Gasteiger partial charge in [-0.25, -0.2) is 4.79 Å². The molecule has 2 N–H and O–H groups in total. The summed E-state index contributed by atoms with van der Waals surface area (Å²) in [6.45, 7) is 10.8. The molecule has 0 radical (unpaired) electrons. The fraction of sp³-hybridized carbons (Fsp3) is 0.588. The monoisotopic (exact) mass is 308 g/mol. The molecule has 5 nitrogen and oxygen atoms in total. The second-order valence-electron chi connectivity index (χ2n) is 6.22. The largest absolute Gasteiger partial charge is 0.491 e. The second kappa shape index (κ2) is 8.51. The number of amides is 1. The van der Waals surface area contributed by atoms with Gasteiger partial charge in [-0.05, 0) is 46.2 Å². The lowest BCUT2D eigenvalue weighted by Gasteiger charge is -2.19. The van der Waals surface area contributed by atoms with Crippen molar-refractivity contribution in [3.63, 3.8) is 0 Å². The van der Waals surface area contributed by atoms with Crippen molar-refractivity contribution in [3.05, 3.63) is 24.3 Å². The average molecular weight is 308 g/mol. The van der Waals surface area contributed by atoms with Gasteiger partial charge in [0.25, 0.3) is 0 Å². The molecule has 0 aliphatic carbocycles. The predicted octanol–water partition coefficient (Wildman–Crippen LogP) is 3.80. The Kier molecular flexibility index (Phi) is 7.02. The van der Waals surface area contributed by atoms with Crippen LogP contribution in [-0.4, -0.2) is 30.9 Å². The zero-order valence-corrected chi connectivity index (χ0v) is 14.2. The number of carbonyl (C=O) groups excluding carboxylic acids is 1. The van der Waals surface area contributed by atoms with Crippen LogP contribution in [0.25, 0.3) is 0 Å². The summed E-state index contributed by atoms with van der Waals surface area (Å²) in [4.78, 5) is 11.5. The number of nitrogens with one attached hydrogen (secondary N) is 2. The molecule has 124 valence electrons. The minimum Gasteiger partial charge on any atom is -0.491 e. The van der Waals surface area contributed by atoms with Gasteiger partial charge in [0.15, 0.2) is 0 Å². The van der Waals surface area contributed by atoms with Crippen molar-refractivity contribution < 1.29 is 14.3 Å². The topological polar surface area (TPSA) is 59.6 Å². The Morgan fingerprint density at radius 1 is 1.27 bits per heavy atom. The standard InChI is InChI=1S/C17H28N2O3/c1-6-13(2)21-15-9-7-8-14(12-15)18-10-11-19-16(20)22-17(3,4)5/h7-9,12-13,18H,6,10-11H2,1-5H3,(H,19,20). The van der Waals surface area contributed by atoms with Gasteiger partial charge in [-0.3, -0.25) is 0 Å². The van der Waals surface area contributed by atoms with Crippen LogP contribution < -0.4 is 15.4 Å². The Labute approximate surface area is 133 Å². The molecule has 1 aromatic carbocycles. The van der Waals surface area contributed by atoms with Crippen molar-refractivity contribution in [2.45, 2.75) is 52.7 Å². The average Bonchev–Trinajstić information content (AvgIpc) is 2.42. The van der Waals surface area contributed by atoms with Gasteiger partial charge in [0.2, 0.25) is 0 Å². The molecule has 0 aliphatic rings. The zero-order chi connectivity index (χ0) is 16.6. The molecule has 0 heterocycles. The second-order valence-corrected chi connectivity index (χ2v) is 6.22. The zero-order valence-electron chi connectivity index (χ0n) is 14.2. The maximum atomic E-state index is 11.5. The van der Waals surface area contributed by atoms with Crippen LogP contribution in [-0.2, 0) is 4.74 Å². The van der Waals surface area contributed by atoms with Crippen molar-refractivity contribution >= 4 is 11.8 Å². The molecule has 0 aromatic heterocycles. The molecule has 0 fully saturated rings. The van der Waals surface area contributed by atoms with Crippen LogP contribution in [0, 0.1) is 0 Å². The van der Waals surface area contributed by atoms with Crippen molar-refractivity contribution in [1.29, 1.82) is 0 Å². The number of anilines is 1. The summed E-state index contributed by atoms with van der Waals surface area (Å²) in [7, 11) is 0. The Morgan fingerprint density at radius 3 is 2.64 bits per heavy atom. The molecule has 1 unspecified atom stereocenters. The molecule has 0 spiro atoms. The van der Waals surface area contributed by atoms with Crippen LogP contribution in [0.4, 0.5) is 10.5 Å². The quantitative estimate of drug-likeness (QED) is 0.752. The molecule has 1 rings (SSSR count). The van der Waals surface area contributed by atoms with E-state index in [0.717, 1.165) is 17.9 Å². The molecular weight excluding hydrogens is 280 g/mol. The van der Waals surface area contributed by atoms with Crippen LogP contribution >= 0.6 is 0 Å². The van der Waals surface area contributed by atoms with Gasteiger partial charge < -0.3 is 20.1 Å². The van der Waals surface area contributed by atoms with E-state index >= 15 is 0 Å². The molecule has 0 saturated carbocycles. The van der Waals surface area contributed by atoms with Gasteiger partial charge in [-0.15, -0.1) is 0 Å². The van der Waals surface area contributed by atoms with E-state index in [0.29, 0.717) is 13.1 Å². The van der Waals surface area contributed by atoms with Crippen LogP contribution in [0.3, 0.4) is 0 Å². The first-order chi connectivity index (χ1) is 10.3. The molecule has 0 aliphatic heterocycles. The number of ether oxygens (including phenoxy) is 2. The number of alkyl carbamates (subject to hydrolysis) is 1. The van der Waals surface area contributed by atoms with Crippen LogP contribution in [0.1, 0.15) is 41.0 Å². The fourth-order valence-corrected chi connectivity index (χ4v) is 1.68. The third-order valence-electron chi connectivity index (χ3n) is 2.87. The first-order valence-corrected chi connectivity index (χ1v) is 7.77. The summed E-state index contributed by atoms with van der Waals surface area (Å²) in [5.74, 6) is 0.847. The van der Waals surface area contributed by atoms with Gasteiger partial charge >= 0.3 is 6.09 Å². The summed E-state index contributed by atoms with van der Waals surface area (Å²) in [5.41, 5.74) is 0.492. The highest BCUT2D eigenvalue weighted by Crippen LogP contribution is 2.18. The summed E-state index contributed by atoms with van der Waals surface area (Å²) in [5, 5.41) is 5.95. The van der Waals surface area contributed by atoms with Crippen molar-refractivity contribution in [2.75, 3.05) is 18.4 Å². The molecule has 1 aromatic rings. The molecule has 5 heteroatoms. The highest BCUT2D eigenvalue weighted by atomic mass is 16.6. The smallest absolute Gasteiger partial charge is 0.407 e. The number of carbonyl (C=O) groups is 1. The van der Waals surface area contributed by atoms with E-state index in [-0.39, 0.29) is 6.10 Å². The molecule has 0 bridgehead atoms. The lowest BCUT2D eigenvalue weighted by molar-refractivity contribution is 0.0530. The minimum absolute atomic E-state index is 0.198. The van der Waals surface area contributed by atoms with Gasteiger partial charge in [-0.1, -0.05) is 13.0 Å². The Bertz CT molecular complexity index is 469. The summed E-state index contributed by atoms with van der Waals surface area (Å²) in [6.07, 6.45) is 0.768. The third-order valence-corrected chi connectivity index (χ3v) is 2.87. The summed E-state index contributed by atoms with van der Waals surface area (Å²) >= 11 is 0. The van der Waals surface area contributed by atoms with E-state index < -0.39 is 11.7 Å². The first kappa shape index (κ1) is 18.1. The van der Waals surface area contributed by atoms with Crippen LogP contribution in [0.5, 0.6) is 5.75 Å². The highest BCUT2D eigenvalue weighted by Gasteiger charge is 2.15.